The molecule has 5 aromatic rings. The molecule has 0 bridgehead atoms. The summed E-state index contributed by atoms with van der Waals surface area (Å²) in [7, 11) is 0. The van der Waals surface area contributed by atoms with Crippen LogP contribution in [0.15, 0.2) is 146 Å². The third-order valence-corrected chi connectivity index (χ3v) is 13.3. The van der Waals surface area contributed by atoms with Crippen LogP contribution in [0.25, 0.3) is 0 Å². The lowest BCUT2D eigenvalue weighted by Gasteiger charge is -2.46. The Hall–Kier alpha value is -4.71. The maximum atomic E-state index is 13.9. The Kier molecular flexibility index (Phi) is 24.6. The highest BCUT2D eigenvalue weighted by atomic mass is 16.7. The van der Waals surface area contributed by atoms with E-state index in [0.29, 0.717) is 39.1 Å². The van der Waals surface area contributed by atoms with E-state index < -0.39 is 36.2 Å². The molecule has 9 nitrogen and oxygen atoms in total. The van der Waals surface area contributed by atoms with Gasteiger partial charge < -0.3 is 38.8 Å². The molecule has 5 aromatic carbocycles. The number of aryl methyl sites for hydroxylation is 2. The monoisotopic (exact) mass is 956 g/mol. The molecule has 0 spiro atoms. The van der Waals surface area contributed by atoms with Gasteiger partial charge in [0, 0.05) is 6.42 Å². The molecular formula is C61H81NO8. The van der Waals surface area contributed by atoms with E-state index in [4.69, 9.17) is 28.4 Å². The number of aliphatic hydroxyl groups is 1. The number of benzene rings is 5. The molecule has 6 rings (SSSR count). The Balaban J connectivity index is 1.28. The summed E-state index contributed by atoms with van der Waals surface area (Å²) >= 11 is 0. The highest BCUT2D eigenvalue weighted by molar-refractivity contribution is 5.76. The number of hydrogen-bond acceptors (Lipinski definition) is 8. The van der Waals surface area contributed by atoms with E-state index >= 15 is 0 Å². The summed E-state index contributed by atoms with van der Waals surface area (Å²) in [5.74, 6) is -0.101. The summed E-state index contributed by atoms with van der Waals surface area (Å²) in [4.78, 5) is 13.9. The predicted octanol–water partition coefficient (Wildman–Crippen LogP) is 12.4. The van der Waals surface area contributed by atoms with E-state index in [1.807, 2.05) is 121 Å². The first kappa shape index (κ1) is 54.6. The average Bonchev–Trinajstić information content (AvgIpc) is 3.40. The van der Waals surface area contributed by atoms with Gasteiger partial charge in [0.2, 0.25) is 5.91 Å². The fourth-order valence-corrected chi connectivity index (χ4v) is 9.07. The maximum absolute atomic E-state index is 13.9. The number of carbonyl (C=O) groups excluding carboxylic acids is 1. The number of rotatable bonds is 34. The highest BCUT2D eigenvalue weighted by Gasteiger charge is 2.50. The zero-order valence-corrected chi connectivity index (χ0v) is 42.1. The molecule has 1 fully saturated rings. The van der Waals surface area contributed by atoms with Crippen LogP contribution in [0.1, 0.15) is 131 Å². The molecule has 0 aromatic heterocycles. The minimum atomic E-state index is -1.12. The minimum Gasteiger partial charge on any atom is -0.394 e. The van der Waals surface area contributed by atoms with Crippen LogP contribution in [0, 0.1) is 0 Å². The van der Waals surface area contributed by atoms with Gasteiger partial charge in [-0.2, -0.15) is 0 Å². The van der Waals surface area contributed by atoms with Crippen molar-refractivity contribution in [2.24, 2.45) is 0 Å². The molecule has 70 heavy (non-hydrogen) atoms. The largest absolute Gasteiger partial charge is 0.394 e. The second-order valence-corrected chi connectivity index (χ2v) is 19.1. The molecule has 378 valence electrons. The van der Waals surface area contributed by atoms with Gasteiger partial charge in [-0.3, -0.25) is 4.79 Å². The summed E-state index contributed by atoms with van der Waals surface area (Å²) < 4.78 is 41.2. The molecular weight excluding hydrogens is 875 g/mol. The molecule has 1 unspecified atom stereocenters. The first-order valence-corrected chi connectivity index (χ1v) is 26.3. The van der Waals surface area contributed by atoms with E-state index in [1.165, 1.54) is 44.1 Å². The molecule has 2 N–H and O–H groups in total. The Morgan fingerprint density at radius 3 is 1.50 bits per heavy atom. The number of unbranched alkanes of at least 4 members (excludes halogenated alkanes) is 9. The SMILES string of the molecule is CCCCCCCCc1ccc(CCC(CO)(CO[C@H]2O[C@H](COCc3ccccc3)[C@H](OCc3ccccc3)[C@H](OCc3ccccc3)[C@H]2OCc2ccccc2)NC(=O)CCCCCCC)cc1. The standard InChI is InChI=1S/C61H81NO8/c1-3-5-7-9-11-16-26-49-36-38-50(39-37-49)40-41-61(47-63,62-56(64)35-25-10-8-6-4-2)48-69-60-59(68-45-54-33-23-15-24-34-54)58(67-44-53-31-21-14-22-32-53)57(66-43-52-29-19-13-20-30-52)55(70-60)46-65-42-51-27-17-12-18-28-51/h12-15,17-24,27-34,36-39,55,57-60,63H,3-11,16,25-26,35,40-48H2,1-2H3,(H,62,64)/t55-,57+,58+,59-,60+,61?/m1/s1. The highest BCUT2D eigenvalue weighted by Crippen LogP contribution is 2.33. The summed E-state index contributed by atoms with van der Waals surface area (Å²) in [6.07, 6.45) is 11.5. The van der Waals surface area contributed by atoms with Crippen LogP contribution in [-0.4, -0.2) is 67.1 Å². The van der Waals surface area contributed by atoms with Crippen molar-refractivity contribution >= 4 is 5.91 Å². The maximum Gasteiger partial charge on any atom is 0.220 e. The number of carbonyl (C=O) groups is 1. The third kappa shape index (κ3) is 19.1. The molecule has 0 aliphatic carbocycles. The summed E-state index contributed by atoms with van der Waals surface area (Å²) in [5, 5.41) is 14.7. The molecule has 1 saturated heterocycles. The number of nitrogens with one attached hydrogen (secondary N) is 1. The van der Waals surface area contributed by atoms with Gasteiger partial charge in [-0.1, -0.05) is 217 Å². The van der Waals surface area contributed by atoms with Crippen LogP contribution in [0.3, 0.4) is 0 Å². The van der Waals surface area contributed by atoms with Crippen molar-refractivity contribution in [2.75, 3.05) is 19.8 Å². The Morgan fingerprint density at radius 1 is 0.514 bits per heavy atom. The van der Waals surface area contributed by atoms with Gasteiger partial charge in [0.1, 0.15) is 24.4 Å². The van der Waals surface area contributed by atoms with Crippen molar-refractivity contribution in [3.05, 3.63) is 179 Å². The minimum absolute atomic E-state index is 0.0322. The fraction of sp³-hybridized carbons (Fsp3) is 0.492. The zero-order valence-electron chi connectivity index (χ0n) is 42.1. The van der Waals surface area contributed by atoms with Crippen molar-refractivity contribution in [3.63, 3.8) is 0 Å². The zero-order chi connectivity index (χ0) is 48.9. The van der Waals surface area contributed by atoms with E-state index in [9.17, 15) is 9.90 Å². The molecule has 1 amide bonds. The molecule has 1 aliphatic rings. The van der Waals surface area contributed by atoms with Crippen LogP contribution < -0.4 is 5.32 Å². The molecule has 6 atom stereocenters. The van der Waals surface area contributed by atoms with E-state index in [-0.39, 0.29) is 32.3 Å². The van der Waals surface area contributed by atoms with Gasteiger partial charge in [-0.05, 0) is 65.5 Å². The molecule has 9 heteroatoms. The fourth-order valence-electron chi connectivity index (χ4n) is 9.07. The van der Waals surface area contributed by atoms with Crippen molar-refractivity contribution < 1.29 is 38.3 Å². The second kappa shape index (κ2) is 31.6. The topological polar surface area (TPSA) is 105 Å². The molecule has 0 radical (unpaired) electrons. The Bertz CT molecular complexity index is 2110. The number of aliphatic hydroxyl groups excluding tert-OH is 1. The van der Waals surface area contributed by atoms with Gasteiger partial charge >= 0.3 is 0 Å². The normalized spacial score (nSPS) is 18.9. The van der Waals surface area contributed by atoms with Gasteiger partial charge in [0.05, 0.1) is 51.8 Å². The number of ether oxygens (including phenoxy) is 6. The smallest absolute Gasteiger partial charge is 0.220 e. The van der Waals surface area contributed by atoms with E-state index in [2.05, 4.69) is 43.4 Å². The van der Waals surface area contributed by atoms with Gasteiger partial charge in [0.25, 0.3) is 0 Å². The van der Waals surface area contributed by atoms with Crippen LogP contribution in [0.4, 0.5) is 0 Å². The first-order chi connectivity index (χ1) is 34.5. The summed E-state index contributed by atoms with van der Waals surface area (Å²) in [5.41, 5.74) is 5.38. The Labute approximate surface area is 419 Å². The average molecular weight is 956 g/mol. The third-order valence-electron chi connectivity index (χ3n) is 13.3. The van der Waals surface area contributed by atoms with Gasteiger partial charge in [0.15, 0.2) is 6.29 Å². The van der Waals surface area contributed by atoms with Crippen molar-refractivity contribution in [2.45, 2.75) is 173 Å². The van der Waals surface area contributed by atoms with Gasteiger partial charge in [-0.15, -0.1) is 0 Å². The lowest BCUT2D eigenvalue weighted by Crippen LogP contribution is -2.63. The van der Waals surface area contributed by atoms with Gasteiger partial charge in [-0.25, -0.2) is 0 Å². The summed E-state index contributed by atoms with van der Waals surface area (Å²) in [6, 6.07) is 49.0. The van der Waals surface area contributed by atoms with Crippen molar-refractivity contribution in [1.82, 2.24) is 5.32 Å². The predicted molar refractivity (Wildman–Crippen MR) is 279 cm³/mol. The molecule has 0 saturated carbocycles. The lowest BCUT2D eigenvalue weighted by atomic mass is 9.91. The van der Waals surface area contributed by atoms with E-state index in [1.54, 1.807) is 0 Å². The van der Waals surface area contributed by atoms with Crippen LogP contribution in [-0.2, 0) is 72.5 Å². The summed E-state index contributed by atoms with van der Waals surface area (Å²) in [6.45, 7) is 5.50. The molecule has 1 aliphatic heterocycles. The van der Waals surface area contributed by atoms with E-state index in [0.717, 1.165) is 66.3 Å². The van der Waals surface area contributed by atoms with Crippen molar-refractivity contribution in [1.29, 1.82) is 0 Å². The van der Waals surface area contributed by atoms with Crippen LogP contribution >= 0.6 is 0 Å². The van der Waals surface area contributed by atoms with Crippen molar-refractivity contribution in [3.8, 4) is 0 Å². The lowest BCUT2D eigenvalue weighted by molar-refractivity contribution is -0.331. The quantitative estimate of drug-likeness (QED) is 0.0393. The van der Waals surface area contributed by atoms with Crippen LogP contribution in [0.2, 0.25) is 0 Å². The second-order valence-electron chi connectivity index (χ2n) is 19.1. The molecule has 1 heterocycles. The number of amides is 1. The number of hydrogen-bond donors (Lipinski definition) is 2. The van der Waals surface area contributed by atoms with Crippen LogP contribution in [0.5, 0.6) is 0 Å². The first-order valence-electron chi connectivity index (χ1n) is 26.3. The Morgan fingerprint density at radius 2 is 0.971 bits per heavy atom.